The van der Waals surface area contributed by atoms with E-state index in [-0.39, 0.29) is 5.69 Å². The van der Waals surface area contributed by atoms with Crippen molar-refractivity contribution in [1.29, 1.82) is 0 Å². The second-order valence-electron chi connectivity index (χ2n) is 4.23. The Morgan fingerprint density at radius 3 is 2.79 bits per heavy atom. The van der Waals surface area contributed by atoms with Crippen LogP contribution >= 0.6 is 0 Å². The molecular weight excluding hydrogens is 242 g/mol. The molecule has 2 heterocycles. The Morgan fingerprint density at radius 2 is 2.11 bits per heavy atom. The van der Waals surface area contributed by atoms with E-state index in [0.717, 1.165) is 24.9 Å². The van der Waals surface area contributed by atoms with Crippen molar-refractivity contribution < 1.29 is 0 Å². The fourth-order valence-electron chi connectivity index (χ4n) is 1.61. The molecule has 0 amide bonds. The van der Waals surface area contributed by atoms with Crippen molar-refractivity contribution in [3.8, 4) is 0 Å². The topological polar surface area (TPSA) is 72.7 Å². The van der Waals surface area contributed by atoms with Gasteiger partial charge in [0.15, 0.2) is 0 Å². The minimum Gasteiger partial charge on any atom is -0.354 e. The molecule has 0 aliphatic carbocycles. The molecular formula is C13H17N5O. The Hall–Kier alpha value is -2.24. The lowest BCUT2D eigenvalue weighted by molar-refractivity contribution is 0.698. The van der Waals surface area contributed by atoms with Crippen molar-refractivity contribution in [2.24, 2.45) is 0 Å². The van der Waals surface area contributed by atoms with Crippen molar-refractivity contribution in [3.05, 3.63) is 46.9 Å². The van der Waals surface area contributed by atoms with Crippen LogP contribution in [0, 0.1) is 0 Å². The van der Waals surface area contributed by atoms with Gasteiger partial charge in [-0.2, -0.15) is 4.98 Å². The lowest BCUT2D eigenvalue weighted by Gasteiger charge is -2.06. The molecule has 0 fully saturated rings. The van der Waals surface area contributed by atoms with E-state index in [1.807, 2.05) is 12.1 Å². The third-order valence-electron chi connectivity index (χ3n) is 2.68. The highest BCUT2D eigenvalue weighted by Crippen LogP contribution is 1.99. The first-order chi connectivity index (χ1) is 9.29. The summed E-state index contributed by atoms with van der Waals surface area (Å²) in [4.78, 5) is 23.8. The summed E-state index contributed by atoms with van der Waals surface area (Å²) < 4.78 is 1.47. The average molecular weight is 259 g/mol. The minimum absolute atomic E-state index is 0.300. The summed E-state index contributed by atoms with van der Waals surface area (Å²) in [5.41, 5.74) is 0.693. The molecule has 1 N–H and O–H groups in total. The minimum atomic E-state index is -0.300. The molecule has 19 heavy (non-hydrogen) atoms. The van der Waals surface area contributed by atoms with Crippen molar-refractivity contribution in [1.82, 2.24) is 19.5 Å². The summed E-state index contributed by atoms with van der Waals surface area (Å²) in [7, 11) is 0. The molecule has 2 aromatic rings. The third-order valence-corrected chi connectivity index (χ3v) is 2.68. The Balaban J connectivity index is 2.05. The monoisotopic (exact) mass is 259 g/mol. The van der Waals surface area contributed by atoms with Crippen LogP contribution in [0.4, 0.5) is 5.95 Å². The van der Waals surface area contributed by atoms with E-state index >= 15 is 0 Å². The fraction of sp³-hybridized carbons (Fsp3) is 0.385. The van der Waals surface area contributed by atoms with E-state index in [2.05, 4.69) is 27.2 Å². The number of aromatic nitrogens is 4. The van der Waals surface area contributed by atoms with Gasteiger partial charge in [0.05, 0.1) is 6.54 Å². The molecule has 0 aliphatic heterocycles. The van der Waals surface area contributed by atoms with Gasteiger partial charge >= 0.3 is 5.69 Å². The lowest BCUT2D eigenvalue weighted by Crippen LogP contribution is -2.25. The Bertz CT molecular complexity index is 567. The number of rotatable bonds is 6. The lowest BCUT2D eigenvalue weighted by atomic mass is 10.3. The van der Waals surface area contributed by atoms with Crippen molar-refractivity contribution in [3.63, 3.8) is 0 Å². The maximum Gasteiger partial charge on any atom is 0.352 e. The first-order valence-electron chi connectivity index (χ1n) is 6.36. The second kappa shape index (κ2) is 6.63. The summed E-state index contributed by atoms with van der Waals surface area (Å²) in [6.45, 7) is 3.34. The number of hydrogen-bond donors (Lipinski definition) is 1. The van der Waals surface area contributed by atoms with Crippen LogP contribution in [-0.2, 0) is 6.54 Å². The first-order valence-corrected chi connectivity index (χ1v) is 6.36. The third kappa shape index (κ3) is 3.87. The normalized spacial score (nSPS) is 10.4. The maximum absolute atomic E-state index is 11.8. The van der Waals surface area contributed by atoms with Crippen LogP contribution in [0.15, 0.2) is 35.6 Å². The van der Waals surface area contributed by atoms with Gasteiger partial charge in [-0.15, -0.1) is 0 Å². The smallest absolute Gasteiger partial charge is 0.352 e. The highest BCUT2D eigenvalue weighted by molar-refractivity contribution is 5.20. The molecule has 2 rings (SSSR count). The van der Waals surface area contributed by atoms with E-state index in [9.17, 15) is 4.79 Å². The summed E-state index contributed by atoms with van der Waals surface area (Å²) in [5, 5.41) is 3.03. The molecule has 0 saturated carbocycles. The maximum atomic E-state index is 11.8. The predicted octanol–water partition coefficient (Wildman–Crippen LogP) is 1.29. The fourth-order valence-corrected chi connectivity index (χ4v) is 1.61. The number of unbranched alkanes of at least 4 members (excludes halogenated alkanes) is 1. The van der Waals surface area contributed by atoms with Gasteiger partial charge in [-0.1, -0.05) is 13.3 Å². The molecule has 0 saturated heterocycles. The van der Waals surface area contributed by atoms with Gasteiger partial charge in [0, 0.05) is 18.9 Å². The second-order valence-corrected chi connectivity index (χ2v) is 4.23. The highest BCUT2D eigenvalue weighted by Gasteiger charge is 2.02. The largest absolute Gasteiger partial charge is 0.354 e. The highest BCUT2D eigenvalue weighted by atomic mass is 16.1. The molecule has 0 atom stereocenters. The van der Waals surface area contributed by atoms with Crippen LogP contribution in [-0.4, -0.2) is 26.1 Å². The molecule has 0 aromatic carbocycles. The molecule has 0 unspecified atom stereocenters. The molecule has 100 valence electrons. The Kier molecular flexibility index (Phi) is 4.60. The van der Waals surface area contributed by atoms with Gasteiger partial charge in [-0.05, 0) is 24.1 Å². The molecule has 0 aliphatic rings. The Labute approximate surface area is 111 Å². The summed E-state index contributed by atoms with van der Waals surface area (Å²) in [5.74, 6) is 0.393. The zero-order chi connectivity index (χ0) is 13.5. The number of anilines is 1. The zero-order valence-corrected chi connectivity index (χ0v) is 10.9. The summed E-state index contributed by atoms with van der Waals surface area (Å²) in [6, 6.07) is 3.72. The van der Waals surface area contributed by atoms with Gasteiger partial charge in [0.2, 0.25) is 5.95 Å². The standard InChI is InChI=1S/C13H17N5O/c1-2-3-6-15-12-16-10-18(13(19)17-12)9-11-4-7-14-8-5-11/h4-5,7-8,10H,2-3,6,9H2,1H3,(H,15,17,19). The number of nitrogens with zero attached hydrogens (tertiary/aromatic N) is 4. The number of nitrogens with one attached hydrogen (secondary N) is 1. The van der Waals surface area contributed by atoms with Crippen molar-refractivity contribution in [2.75, 3.05) is 11.9 Å². The Morgan fingerprint density at radius 1 is 1.32 bits per heavy atom. The van der Waals surface area contributed by atoms with Gasteiger partial charge < -0.3 is 5.32 Å². The quantitative estimate of drug-likeness (QED) is 0.791. The number of pyridine rings is 1. The first kappa shape index (κ1) is 13.2. The van der Waals surface area contributed by atoms with E-state index in [0.29, 0.717) is 12.5 Å². The van der Waals surface area contributed by atoms with E-state index in [4.69, 9.17) is 0 Å². The van der Waals surface area contributed by atoms with Crippen LogP contribution in [0.5, 0.6) is 0 Å². The molecule has 2 aromatic heterocycles. The number of hydrogen-bond acceptors (Lipinski definition) is 5. The SMILES string of the molecule is CCCCNc1ncn(Cc2ccncc2)c(=O)n1. The van der Waals surface area contributed by atoms with E-state index in [1.54, 1.807) is 12.4 Å². The summed E-state index contributed by atoms with van der Waals surface area (Å²) >= 11 is 0. The van der Waals surface area contributed by atoms with Crippen LogP contribution in [0.2, 0.25) is 0 Å². The molecule has 6 nitrogen and oxygen atoms in total. The summed E-state index contributed by atoms with van der Waals surface area (Å²) in [6.07, 6.45) is 7.03. The molecule has 0 bridgehead atoms. The van der Waals surface area contributed by atoms with Crippen LogP contribution in [0.25, 0.3) is 0 Å². The average Bonchev–Trinajstić information content (AvgIpc) is 2.43. The van der Waals surface area contributed by atoms with Gasteiger partial charge in [0.1, 0.15) is 6.33 Å². The van der Waals surface area contributed by atoms with Crippen LogP contribution in [0.1, 0.15) is 25.3 Å². The van der Waals surface area contributed by atoms with Crippen LogP contribution in [0.3, 0.4) is 0 Å². The molecule has 0 radical (unpaired) electrons. The van der Waals surface area contributed by atoms with Crippen LogP contribution < -0.4 is 11.0 Å². The van der Waals surface area contributed by atoms with Gasteiger partial charge in [0.25, 0.3) is 0 Å². The zero-order valence-electron chi connectivity index (χ0n) is 10.9. The van der Waals surface area contributed by atoms with Gasteiger partial charge in [-0.3, -0.25) is 9.55 Å². The van der Waals surface area contributed by atoms with Crippen molar-refractivity contribution in [2.45, 2.75) is 26.3 Å². The predicted molar refractivity (Wildman–Crippen MR) is 73.0 cm³/mol. The van der Waals surface area contributed by atoms with Gasteiger partial charge in [-0.25, -0.2) is 9.78 Å². The van der Waals surface area contributed by atoms with E-state index in [1.165, 1.54) is 10.9 Å². The molecule has 0 spiro atoms. The van der Waals surface area contributed by atoms with E-state index < -0.39 is 0 Å². The molecule has 6 heteroatoms. The van der Waals surface area contributed by atoms with Crippen molar-refractivity contribution >= 4 is 5.95 Å².